The number of benzene rings is 2. The van der Waals surface area contributed by atoms with Crippen molar-refractivity contribution in [2.75, 3.05) is 5.32 Å². The first-order chi connectivity index (χ1) is 13.1. The highest BCUT2D eigenvalue weighted by molar-refractivity contribution is 7.89. The van der Waals surface area contributed by atoms with Crippen molar-refractivity contribution in [3.8, 4) is 0 Å². The molecule has 0 radical (unpaired) electrons. The van der Waals surface area contributed by atoms with Gasteiger partial charge >= 0.3 is 0 Å². The summed E-state index contributed by atoms with van der Waals surface area (Å²) in [6.45, 7) is 0. The zero-order chi connectivity index (χ0) is 20.6. The van der Waals surface area contributed by atoms with Crippen LogP contribution in [0, 0.1) is 23.3 Å². The predicted molar refractivity (Wildman–Crippen MR) is 90.0 cm³/mol. The molecule has 3 N–H and O–H groups in total. The van der Waals surface area contributed by atoms with Crippen LogP contribution in [0.25, 0.3) is 0 Å². The number of carbonyl (C=O) groups is 1. The molecule has 0 bridgehead atoms. The summed E-state index contributed by atoms with van der Waals surface area (Å²) >= 11 is 0. The zero-order valence-corrected chi connectivity index (χ0v) is 14.9. The van der Waals surface area contributed by atoms with Gasteiger partial charge in [-0.1, -0.05) is 0 Å². The second-order valence-corrected chi connectivity index (χ2v) is 7.98. The molecule has 28 heavy (non-hydrogen) atoms. The lowest BCUT2D eigenvalue weighted by molar-refractivity contribution is 0.0712. The van der Waals surface area contributed by atoms with Crippen LogP contribution >= 0.6 is 0 Å². The summed E-state index contributed by atoms with van der Waals surface area (Å²) < 4.78 is 80.3. The molecule has 0 aromatic heterocycles. The van der Waals surface area contributed by atoms with E-state index in [0.717, 1.165) is 18.2 Å². The third-order valence-electron chi connectivity index (χ3n) is 4.16. The lowest BCUT2D eigenvalue weighted by atomic mass is 9.91. The van der Waals surface area contributed by atoms with Crippen LogP contribution in [-0.4, -0.2) is 31.6 Å². The zero-order valence-electron chi connectivity index (χ0n) is 14.0. The molecular weight excluding hydrogens is 404 g/mol. The van der Waals surface area contributed by atoms with Gasteiger partial charge in [0.15, 0.2) is 17.5 Å². The molecule has 0 atom stereocenters. The molecule has 1 aliphatic rings. The fourth-order valence-corrected chi connectivity index (χ4v) is 4.01. The Balaban J connectivity index is 1.83. The van der Waals surface area contributed by atoms with Crippen molar-refractivity contribution in [1.82, 2.24) is 4.72 Å². The maximum Gasteiger partial charge on any atom is 0.255 e. The quantitative estimate of drug-likeness (QED) is 0.513. The summed E-state index contributed by atoms with van der Waals surface area (Å²) in [5, 5.41) is 11.3. The number of rotatable bonds is 5. The molecule has 0 aliphatic heterocycles. The summed E-state index contributed by atoms with van der Waals surface area (Å²) in [6, 6.07) is 3.03. The lowest BCUT2D eigenvalue weighted by Crippen LogP contribution is -2.46. The molecule has 150 valence electrons. The Morgan fingerprint density at radius 3 is 2.18 bits per heavy atom. The van der Waals surface area contributed by atoms with Crippen molar-refractivity contribution >= 4 is 21.6 Å². The summed E-state index contributed by atoms with van der Waals surface area (Å²) in [6.07, 6.45) is -0.267. The molecule has 0 spiro atoms. The van der Waals surface area contributed by atoms with Gasteiger partial charge in [-0.2, -0.15) is 0 Å². The van der Waals surface area contributed by atoms with Gasteiger partial charge in [-0.15, -0.1) is 0 Å². The first-order valence-electron chi connectivity index (χ1n) is 8.02. The Hall–Kier alpha value is -2.50. The lowest BCUT2D eigenvalue weighted by Gasteiger charge is -2.31. The van der Waals surface area contributed by atoms with Crippen molar-refractivity contribution in [2.24, 2.45) is 0 Å². The largest absolute Gasteiger partial charge is 0.393 e. The van der Waals surface area contributed by atoms with Gasteiger partial charge in [-0.25, -0.2) is 30.7 Å². The van der Waals surface area contributed by atoms with Gasteiger partial charge in [0.1, 0.15) is 10.7 Å². The van der Waals surface area contributed by atoms with Crippen LogP contribution in [0.5, 0.6) is 0 Å². The summed E-state index contributed by atoms with van der Waals surface area (Å²) in [7, 11) is -4.31. The maximum atomic E-state index is 14.0. The highest BCUT2D eigenvalue weighted by Gasteiger charge is 2.32. The third-order valence-corrected chi connectivity index (χ3v) is 5.70. The first-order valence-corrected chi connectivity index (χ1v) is 9.51. The molecule has 6 nitrogen and oxygen atoms in total. The molecule has 1 amide bonds. The number of hydrogen-bond donors (Lipinski definition) is 3. The average Bonchev–Trinajstić information content (AvgIpc) is 2.58. The Kier molecular flexibility index (Phi) is 5.41. The molecule has 0 unspecified atom stereocenters. The Morgan fingerprint density at radius 1 is 1.00 bits per heavy atom. The number of aliphatic hydroxyl groups excluding tert-OH is 1. The van der Waals surface area contributed by atoms with E-state index in [1.165, 1.54) is 0 Å². The monoisotopic (exact) mass is 418 g/mol. The van der Waals surface area contributed by atoms with Crippen LogP contribution in [0.4, 0.5) is 23.2 Å². The summed E-state index contributed by atoms with van der Waals surface area (Å²) in [5.74, 6) is -6.85. The Bertz CT molecular complexity index is 1020. The van der Waals surface area contributed by atoms with Gasteiger partial charge in [-0.3, -0.25) is 4.79 Å². The molecule has 1 fully saturated rings. The van der Waals surface area contributed by atoms with Gasteiger partial charge in [0.25, 0.3) is 5.91 Å². The van der Waals surface area contributed by atoms with Crippen LogP contribution in [-0.2, 0) is 10.0 Å². The number of amides is 1. The van der Waals surface area contributed by atoms with E-state index in [1.807, 2.05) is 0 Å². The first kappa shape index (κ1) is 20.2. The highest BCUT2D eigenvalue weighted by atomic mass is 32.2. The average molecular weight is 418 g/mol. The van der Waals surface area contributed by atoms with E-state index in [2.05, 4.69) is 10.0 Å². The normalized spacial score (nSPS) is 19.2. The van der Waals surface area contributed by atoms with E-state index in [1.54, 1.807) is 0 Å². The number of hydrogen-bond acceptors (Lipinski definition) is 4. The number of aliphatic hydroxyl groups is 1. The second-order valence-electron chi connectivity index (χ2n) is 6.30. The Labute approximate surface area is 157 Å². The van der Waals surface area contributed by atoms with Crippen LogP contribution in [0.3, 0.4) is 0 Å². The summed E-state index contributed by atoms with van der Waals surface area (Å²) in [5.41, 5.74) is -0.711. The van der Waals surface area contributed by atoms with Crippen molar-refractivity contribution in [1.29, 1.82) is 0 Å². The van der Waals surface area contributed by atoms with E-state index in [4.69, 9.17) is 0 Å². The van der Waals surface area contributed by atoms with Gasteiger partial charge in [0.2, 0.25) is 10.0 Å². The van der Waals surface area contributed by atoms with Gasteiger partial charge in [0.05, 0.1) is 6.10 Å². The van der Waals surface area contributed by atoms with E-state index < -0.39 is 61.9 Å². The third kappa shape index (κ3) is 4.16. The minimum Gasteiger partial charge on any atom is -0.393 e. The topological polar surface area (TPSA) is 95.5 Å². The molecule has 1 saturated carbocycles. The van der Waals surface area contributed by atoms with Crippen LogP contribution < -0.4 is 10.0 Å². The van der Waals surface area contributed by atoms with Crippen molar-refractivity contribution in [3.05, 3.63) is 59.2 Å². The minimum absolute atomic E-state index is 0.183. The number of carbonyl (C=O) groups excluding carboxylic acids is 1. The number of anilines is 1. The fourth-order valence-electron chi connectivity index (χ4n) is 2.65. The van der Waals surface area contributed by atoms with Crippen LogP contribution in [0.2, 0.25) is 0 Å². The fraction of sp³-hybridized carbons (Fsp3) is 0.235. The van der Waals surface area contributed by atoms with Crippen molar-refractivity contribution < 1.29 is 35.9 Å². The summed E-state index contributed by atoms with van der Waals surface area (Å²) in [4.78, 5) is 11.4. The minimum atomic E-state index is -4.31. The van der Waals surface area contributed by atoms with Crippen LogP contribution in [0.1, 0.15) is 23.2 Å². The molecule has 2 aromatic rings. The van der Waals surface area contributed by atoms with E-state index in [0.29, 0.717) is 12.1 Å². The molecule has 11 heteroatoms. The smallest absolute Gasteiger partial charge is 0.255 e. The molecular formula is C17H14F4N2O4S. The number of halogens is 4. The Morgan fingerprint density at radius 2 is 1.61 bits per heavy atom. The standard InChI is InChI=1S/C17H14F4N2O4S/c18-12-2-1-8(3-15(12)28(26,27)23-10-4-11(24)5-10)17(25)22-9-6-13(19)16(21)14(20)7-9/h1-3,6-7,10-11,23-24H,4-5H2,(H,22,25)/t10-,11-. The second kappa shape index (κ2) is 7.49. The SMILES string of the molecule is O=C(Nc1cc(F)c(F)c(F)c1)c1ccc(F)c(S(=O)(=O)N[C@H]2C[C@H](O)C2)c1. The maximum absolute atomic E-state index is 14.0. The number of nitrogens with one attached hydrogen (secondary N) is 2. The van der Waals surface area contributed by atoms with Gasteiger partial charge < -0.3 is 10.4 Å². The van der Waals surface area contributed by atoms with E-state index in [9.17, 15) is 35.9 Å². The van der Waals surface area contributed by atoms with Gasteiger partial charge in [0, 0.05) is 29.4 Å². The van der Waals surface area contributed by atoms with E-state index in [-0.39, 0.29) is 18.4 Å². The van der Waals surface area contributed by atoms with Crippen molar-refractivity contribution in [3.63, 3.8) is 0 Å². The highest BCUT2D eigenvalue weighted by Crippen LogP contribution is 2.24. The number of sulfonamides is 1. The van der Waals surface area contributed by atoms with Crippen LogP contribution in [0.15, 0.2) is 35.2 Å². The van der Waals surface area contributed by atoms with Gasteiger partial charge in [-0.05, 0) is 31.0 Å². The van der Waals surface area contributed by atoms with E-state index >= 15 is 0 Å². The molecule has 1 aliphatic carbocycles. The molecule has 2 aromatic carbocycles. The van der Waals surface area contributed by atoms with Crippen molar-refractivity contribution in [2.45, 2.75) is 29.9 Å². The molecule has 0 heterocycles. The predicted octanol–water partition coefficient (Wildman–Crippen LogP) is 2.30. The molecule has 3 rings (SSSR count). The molecule has 0 saturated heterocycles.